The number of thioether (sulfide) groups is 1. The molecule has 0 nitrogen and oxygen atoms in total. The Bertz CT molecular complexity index is 269. The van der Waals surface area contributed by atoms with Gasteiger partial charge in [0, 0.05) is 4.90 Å². The number of rotatable bonds is 2. The number of benzene rings is 1. The average molecular weight is 183 g/mol. The first-order valence-electron chi connectivity index (χ1n) is 3.81. The number of hydrogen-bond donors (Lipinski definition) is 0. The van der Waals surface area contributed by atoms with Crippen molar-refractivity contribution in [1.29, 1.82) is 0 Å². The molecule has 0 aliphatic carbocycles. The van der Waals surface area contributed by atoms with Gasteiger partial charge >= 0.3 is 0 Å². The van der Waals surface area contributed by atoms with Gasteiger partial charge in [0.1, 0.15) is 5.82 Å². The van der Waals surface area contributed by atoms with Crippen LogP contribution in [0.15, 0.2) is 23.1 Å². The molecule has 0 aliphatic rings. The molecule has 2 heteroatoms. The maximum Gasteiger partial charge on any atom is 0.124 e. The van der Waals surface area contributed by atoms with Gasteiger partial charge in [-0.2, -0.15) is 0 Å². The van der Waals surface area contributed by atoms with E-state index in [1.165, 1.54) is 12.1 Å². The van der Waals surface area contributed by atoms with Crippen LogP contribution in [0.2, 0.25) is 0 Å². The molecule has 1 unspecified atom stereocenters. The first kappa shape index (κ1) is 9.59. The maximum atomic E-state index is 12.9. The fraction of sp³-hybridized carbons (Fsp3) is 0.300. The summed E-state index contributed by atoms with van der Waals surface area (Å²) in [5.74, 6) is -0.0288. The van der Waals surface area contributed by atoms with Crippen molar-refractivity contribution in [3.63, 3.8) is 0 Å². The van der Waals surface area contributed by atoms with Crippen LogP contribution in [-0.2, 0) is 0 Å². The minimum absolute atomic E-state index is 0.145. The minimum Gasteiger partial charge on any atom is -0.207 e. The molecule has 1 atom stereocenters. The van der Waals surface area contributed by atoms with E-state index < -0.39 is 0 Å². The molecule has 0 amide bonds. The molecule has 1 aromatic rings. The van der Waals surface area contributed by atoms with E-state index in [-0.39, 0.29) is 11.7 Å². The van der Waals surface area contributed by atoms with Crippen LogP contribution in [0, 0.1) is 12.7 Å². The van der Waals surface area contributed by atoms with Gasteiger partial charge in [-0.3, -0.25) is 0 Å². The van der Waals surface area contributed by atoms with Crippen LogP contribution < -0.4 is 0 Å². The maximum absolute atomic E-state index is 12.9. The molecule has 1 radical (unpaired) electrons. The van der Waals surface area contributed by atoms with Gasteiger partial charge in [0.15, 0.2) is 0 Å². The van der Waals surface area contributed by atoms with Gasteiger partial charge in [-0.25, -0.2) is 4.39 Å². The van der Waals surface area contributed by atoms with Crippen LogP contribution >= 0.6 is 11.8 Å². The van der Waals surface area contributed by atoms with Crippen LogP contribution in [0.25, 0.3) is 0 Å². The molecule has 0 aromatic heterocycles. The Balaban J connectivity index is 3.06. The van der Waals surface area contributed by atoms with Crippen molar-refractivity contribution in [2.45, 2.75) is 17.7 Å². The van der Waals surface area contributed by atoms with E-state index in [1.54, 1.807) is 11.8 Å². The van der Waals surface area contributed by atoms with Crippen LogP contribution in [0.1, 0.15) is 18.4 Å². The van der Waals surface area contributed by atoms with Crippen LogP contribution in [0.3, 0.4) is 0 Å². The first-order chi connectivity index (χ1) is 5.63. The number of hydrogen-bond acceptors (Lipinski definition) is 1. The highest BCUT2D eigenvalue weighted by atomic mass is 32.2. The topological polar surface area (TPSA) is 0 Å². The van der Waals surface area contributed by atoms with Crippen molar-refractivity contribution in [2.75, 3.05) is 6.26 Å². The highest BCUT2D eigenvalue weighted by molar-refractivity contribution is 7.98. The molecule has 1 aromatic carbocycles. The monoisotopic (exact) mass is 183 g/mol. The lowest BCUT2D eigenvalue weighted by molar-refractivity contribution is 0.620. The Morgan fingerprint density at radius 1 is 1.42 bits per heavy atom. The molecular weight excluding hydrogens is 171 g/mol. The van der Waals surface area contributed by atoms with Gasteiger partial charge in [-0.05, 0) is 42.9 Å². The normalized spacial score (nSPS) is 10.8. The van der Waals surface area contributed by atoms with Gasteiger partial charge in [0.2, 0.25) is 0 Å². The Morgan fingerprint density at radius 2 is 2.08 bits per heavy atom. The summed E-state index contributed by atoms with van der Waals surface area (Å²) in [6.07, 6.45) is 1.94. The molecule has 1 rings (SSSR count). The van der Waals surface area contributed by atoms with Gasteiger partial charge in [-0.1, -0.05) is 6.92 Å². The quantitative estimate of drug-likeness (QED) is 0.632. The summed E-state index contributed by atoms with van der Waals surface area (Å²) in [7, 11) is 0. The van der Waals surface area contributed by atoms with E-state index in [9.17, 15) is 4.39 Å². The molecule has 0 saturated heterocycles. The van der Waals surface area contributed by atoms with E-state index in [4.69, 9.17) is 0 Å². The predicted molar refractivity (Wildman–Crippen MR) is 52.0 cm³/mol. The van der Waals surface area contributed by atoms with Crippen molar-refractivity contribution in [3.8, 4) is 0 Å². The highest BCUT2D eigenvalue weighted by Crippen LogP contribution is 2.22. The van der Waals surface area contributed by atoms with Gasteiger partial charge in [0.25, 0.3) is 0 Å². The SMILES string of the molecule is [CH2]C(C)c1cc(F)cc(SC)c1. The third-order valence-electron chi connectivity index (χ3n) is 1.70. The van der Waals surface area contributed by atoms with Crippen LogP contribution in [-0.4, -0.2) is 6.26 Å². The molecule has 0 saturated carbocycles. The molecule has 12 heavy (non-hydrogen) atoms. The fourth-order valence-electron chi connectivity index (χ4n) is 0.987. The first-order valence-corrected chi connectivity index (χ1v) is 5.03. The second-order valence-corrected chi connectivity index (χ2v) is 3.71. The molecule has 65 valence electrons. The Labute approximate surface area is 77.2 Å². The predicted octanol–water partition coefficient (Wildman–Crippen LogP) is 3.49. The number of halogens is 1. The van der Waals surface area contributed by atoms with Crippen LogP contribution in [0.4, 0.5) is 4.39 Å². The van der Waals surface area contributed by atoms with Crippen molar-refractivity contribution in [1.82, 2.24) is 0 Å². The molecule has 0 spiro atoms. The summed E-state index contributed by atoms with van der Waals surface area (Å²) >= 11 is 1.55. The lowest BCUT2D eigenvalue weighted by atomic mass is 10.0. The van der Waals surface area contributed by atoms with Gasteiger partial charge in [-0.15, -0.1) is 11.8 Å². The summed E-state index contributed by atoms with van der Waals surface area (Å²) < 4.78 is 12.9. The highest BCUT2D eigenvalue weighted by Gasteiger charge is 2.03. The van der Waals surface area contributed by atoms with Gasteiger partial charge < -0.3 is 0 Å². The van der Waals surface area contributed by atoms with E-state index in [0.717, 1.165) is 10.5 Å². The lowest BCUT2D eigenvalue weighted by Crippen LogP contribution is -1.89. The minimum atomic E-state index is -0.174. The van der Waals surface area contributed by atoms with E-state index >= 15 is 0 Å². The molecular formula is C10H12FS. The Hall–Kier alpha value is -0.500. The standard InChI is InChI=1S/C10H12FS/c1-7(2)8-4-9(11)6-10(5-8)12-3/h4-7H,1H2,2-3H3. The fourth-order valence-corrected chi connectivity index (χ4v) is 1.47. The smallest absolute Gasteiger partial charge is 0.124 e. The molecule has 0 fully saturated rings. The molecule has 0 heterocycles. The zero-order valence-corrected chi connectivity index (χ0v) is 8.12. The van der Waals surface area contributed by atoms with E-state index in [1.807, 2.05) is 19.2 Å². The van der Waals surface area contributed by atoms with Gasteiger partial charge in [0.05, 0.1) is 0 Å². The second kappa shape index (κ2) is 3.94. The second-order valence-electron chi connectivity index (χ2n) is 2.83. The van der Waals surface area contributed by atoms with Crippen molar-refractivity contribution in [3.05, 3.63) is 36.5 Å². The Morgan fingerprint density at radius 3 is 2.58 bits per heavy atom. The average Bonchev–Trinajstić information content (AvgIpc) is 2.03. The van der Waals surface area contributed by atoms with Crippen molar-refractivity contribution >= 4 is 11.8 Å². The zero-order chi connectivity index (χ0) is 9.14. The molecule has 0 bridgehead atoms. The van der Waals surface area contributed by atoms with E-state index in [0.29, 0.717) is 0 Å². The Kier molecular flexibility index (Phi) is 3.15. The summed E-state index contributed by atoms with van der Waals surface area (Å²) in [5, 5.41) is 0. The third kappa shape index (κ3) is 2.24. The molecule has 0 N–H and O–H groups in total. The largest absolute Gasteiger partial charge is 0.207 e. The lowest BCUT2D eigenvalue weighted by Gasteiger charge is -2.06. The summed E-state index contributed by atoms with van der Waals surface area (Å²) in [4.78, 5) is 0.959. The molecule has 0 aliphatic heterocycles. The van der Waals surface area contributed by atoms with Crippen molar-refractivity contribution < 1.29 is 4.39 Å². The summed E-state index contributed by atoms with van der Waals surface area (Å²) in [6.45, 7) is 5.81. The summed E-state index contributed by atoms with van der Waals surface area (Å²) in [5.41, 5.74) is 0.958. The van der Waals surface area contributed by atoms with Crippen LogP contribution in [0.5, 0.6) is 0 Å². The van der Waals surface area contributed by atoms with Crippen molar-refractivity contribution in [2.24, 2.45) is 0 Å². The van der Waals surface area contributed by atoms with E-state index in [2.05, 4.69) is 6.92 Å². The summed E-state index contributed by atoms with van der Waals surface area (Å²) in [6, 6.07) is 5.05. The zero-order valence-electron chi connectivity index (χ0n) is 7.30. The third-order valence-corrected chi connectivity index (χ3v) is 2.41.